The molecule has 0 unspecified atom stereocenters. The number of hydrogen-bond donors (Lipinski definition) is 0. The minimum absolute atomic E-state index is 0.0602. The van der Waals surface area contributed by atoms with E-state index in [1.165, 1.54) is 6.92 Å². The number of hydrogen-bond acceptors (Lipinski definition) is 1. The molecule has 0 saturated heterocycles. The molecule has 0 aliphatic heterocycles. The van der Waals surface area contributed by atoms with Crippen molar-refractivity contribution in [3.8, 4) is 0 Å². The van der Waals surface area contributed by atoms with E-state index in [1.807, 2.05) is 0 Å². The molecule has 0 spiro atoms. The third kappa shape index (κ3) is 1.66. The van der Waals surface area contributed by atoms with Gasteiger partial charge in [-0.1, -0.05) is 13.8 Å². The highest BCUT2D eigenvalue weighted by molar-refractivity contribution is 5.28. The summed E-state index contributed by atoms with van der Waals surface area (Å²) in [6.45, 7) is 4.73. The highest BCUT2D eigenvalue weighted by Crippen LogP contribution is 2.24. The monoisotopic (exact) mass is 189 g/mol. The summed E-state index contributed by atoms with van der Waals surface area (Å²) in [5, 5.41) is 0. The normalized spacial score (nSPS) is 11.0. The lowest BCUT2D eigenvalue weighted by atomic mass is 9.99. The van der Waals surface area contributed by atoms with Crippen molar-refractivity contribution in [2.45, 2.75) is 26.7 Å². The van der Waals surface area contributed by atoms with Crippen LogP contribution in [0, 0.1) is 24.6 Å². The van der Waals surface area contributed by atoms with Gasteiger partial charge in [0.15, 0.2) is 5.82 Å². The molecule has 0 aliphatic carbocycles. The maximum absolute atomic E-state index is 13.1. The Hall–Kier alpha value is -1.06. The molecule has 4 heteroatoms. The van der Waals surface area contributed by atoms with E-state index in [9.17, 15) is 13.2 Å². The fourth-order valence-corrected chi connectivity index (χ4v) is 1.29. The molecule has 0 fully saturated rings. The van der Waals surface area contributed by atoms with Gasteiger partial charge in [-0.25, -0.2) is 4.39 Å². The second-order valence-electron chi connectivity index (χ2n) is 3.20. The van der Waals surface area contributed by atoms with E-state index < -0.39 is 17.7 Å². The van der Waals surface area contributed by atoms with Gasteiger partial charge in [-0.15, -0.1) is 0 Å². The summed E-state index contributed by atoms with van der Waals surface area (Å²) in [6, 6.07) is 0. The van der Waals surface area contributed by atoms with Gasteiger partial charge in [0.1, 0.15) is 0 Å². The van der Waals surface area contributed by atoms with Crippen molar-refractivity contribution in [1.29, 1.82) is 0 Å². The van der Waals surface area contributed by atoms with Crippen LogP contribution in [0.5, 0.6) is 0 Å². The third-order valence-electron chi connectivity index (χ3n) is 1.90. The molecular formula is C9H10F3N. The smallest absolute Gasteiger partial charge is 0.202 e. The van der Waals surface area contributed by atoms with Crippen molar-refractivity contribution < 1.29 is 13.2 Å². The second-order valence-corrected chi connectivity index (χ2v) is 3.20. The van der Waals surface area contributed by atoms with Crippen LogP contribution in [0.3, 0.4) is 0 Å². The SMILES string of the molecule is Cc1c(F)nc(F)c(F)c1C(C)C. The summed E-state index contributed by atoms with van der Waals surface area (Å²) in [5.74, 6) is -3.62. The van der Waals surface area contributed by atoms with Crippen LogP contribution >= 0.6 is 0 Å². The van der Waals surface area contributed by atoms with Crippen molar-refractivity contribution in [3.63, 3.8) is 0 Å². The van der Waals surface area contributed by atoms with Crippen LogP contribution in [0.4, 0.5) is 13.2 Å². The minimum atomic E-state index is -1.37. The molecule has 0 N–H and O–H groups in total. The lowest BCUT2D eigenvalue weighted by Gasteiger charge is -2.10. The first-order valence-corrected chi connectivity index (χ1v) is 3.96. The predicted octanol–water partition coefficient (Wildman–Crippen LogP) is 2.93. The van der Waals surface area contributed by atoms with Crippen LogP contribution in [0.25, 0.3) is 0 Å². The molecule has 1 heterocycles. The van der Waals surface area contributed by atoms with E-state index in [0.29, 0.717) is 0 Å². The Labute approximate surface area is 74.6 Å². The number of pyridine rings is 1. The first-order valence-electron chi connectivity index (χ1n) is 3.96. The Morgan fingerprint density at radius 1 is 1.08 bits per heavy atom. The van der Waals surface area contributed by atoms with Crippen LogP contribution < -0.4 is 0 Å². The molecule has 1 aromatic heterocycles. The van der Waals surface area contributed by atoms with Crippen LogP contribution in [0.2, 0.25) is 0 Å². The fraction of sp³-hybridized carbons (Fsp3) is 0.444. The number of halogens is 3. The lowest BCUT2D eigenvalue weighted by molar-refractivity contribution is 0.431. The van der Waals surface area contributed by atoms with E-state index >= 15 is 0 Å². The molecule has 0 amide bonds. The van der Waals surface area contributed by atoms with E-state index in [-0.39, 0.29) is 17.0 Å². The zero-order chi connectivity index (χ0) is 10.2. The fourth-order valence-electron chi connectivity index (χ4n) is 1.29. The van der Waals surface area contributed by atoms with Crippen molar-refractivity contribution in [2.24, 2.45) is 0 Å². The average molecular weight is 189 g/mol. The van der Waals surface area contributed by atoms with Gasteiger partial charge in [0.2, 0.25) is 5.95 Å². The summed E-state index contributed by atoms with van der Waals surface area (Å²) in [5.41, 5.74) is 0.138. The molecule has 1 nitrogen and oxygen atoms in total. The first-order chi connectivity index (χ1) is 5.95. The van der Waals surface area contributed by atoms with Crippen molar-refractivity contribution >= 4 is 0 Å². The lowest BCUT2D eigenvalue weighted by Crippen LogP contribution is -2.06. The zero-order valence-electron chi connectivity index (χ0n) is 7.66. The second kappa shape index (κ2) is 3.36. The quantitative estimate of drug-likeness (QED) is 0.619. The number of nitrogens with zero attached hydrogens (tertiary/aromatic N) is 1. The maximum atomic E-state index is 13.1. The molecule has 0 radical (unpaired) electrons. The Morgan fingerprint density at radius 3 is 2.08 bits per heavy atom. The summed E-state index contributed by atoms with van der Waals surface area (Å²) in [4.78, 5) is 2.81. The Bertz CT molecular complexity index is 308. The first kappa shape index (κ1) is 10.0. The van der Waals surface area contributed by atoms with Gasteiger partial charge < -0.3 is 0 Å². The number of rotatable bonds is 1. The van der Waals surface area contributed by atoms with Gasteiger partial charge in [-0.3, -0.25) is 0 Å². The Balaban J connectivity index is 3.46. The van der Waals surface area contributed by atoms with Crippen molar-refractivity contribution in [3.05, 3.63) is 28.8 Å². The predicted molar refractivity (Wildman–Crippen MR) is 42.9 cm³/mol. The van der Waals surface area contributed by atoms with Crippen LogP contribution in [0.15, 0.2) is 0 Å². The molecule has 0 saturated carbocycles. The summed E-state index contributed by atoms with van der Waals surface area (Å²) in [6.07, 6.45) is 0. The topological polar surface area (TPSA) is 12.9 Å². The van der Waals surface area contributed by atoms with Crippen molar-refractivity contribution in [2.75, 3.05) is 0 Å². The summed E-state index contributed by atoms with van der Waals surface area (Å²) in [7, 11) is 0. The largest absolute Gasteiger partial charge is 0.251 e. The van der Waals surface area contributed by atoms with Crippen molar-refractivity contribution in [1.82, 2.24) is 4.98 Å². The van der Waals surface area contributed by atoms with Gasteiger partial charge in [0, 0.05) is 11.1 Å². The molecule has 0 atom stereocenters. The van der Waals surface area contributed by atoms with Gasteiger partial charge >= 0.3 is 0 Å². The molecule has 0 aromatic carbocycles. The highest BCUT2D eigenvalue weighted by atomic mass is 19.2. The van der Waals surface area contributed by atoms with Gasteiger partial charge in [-0.2, -0.15) is 13.8 Å². The van der Waals surface area contributed by atoms with E-state index in [4.69, 9.17) is 0 Å². The molecule has 0 bridgehead atoms. The number of aromatic nitrogens is 1. The van der Waals surface area contributed by atoms with Crippen LogP contribution in [0.1, 0.15) is 30.9 Å². The standard InChI is InChI=1S/C9H10F3N/c1-4(2)6-5(3)8(11)13-9(12)7(6)10/h4H,1-3H3. The van der Waals surface area contributed by atoms with Gasteiger partial charge in [-0.05, 0) is 12.8 Å². The molecule has 1 aromatic rings. The Kier molecular flexibility index (Phi) is 2.59. The zero-order valence-corrected chi connectivity index (χ0v) is 7.66. The van der Waals surface area contributed by atoms with E-state index in [1.54, 1.807) is 13.8 Å². The minimum Gasteiger partial charge on any atom is -0.202 e. The van der Waals surface area contributed by atoms with Gasteiger partial charge in [0.05, 0.1) is 0 Å². The summed E-state index contributed by atoms with van der Waals surface area (Å²) < 4.78 is 38.6. The van der Waals surface area contributed by atoms with Crippen LogP contribution in [-0.4, -0.2) is 4.98 Å². The molecule has 1 rings (SSSR count). The van der Waals surface area contributed by atoms with E-state index in [2.05, 4.69) is 4.98 Å². The third-order valence-corrected chi connectivity index (χ3v) is 1.90. The molecule has 0 aliphatic rings. The van der Waals surface area contributed by atoms with E-state index in [0.717, 1.165) is 0 Å². The average Bonchev–Trinajstić information content (AvgIpc) is 2.01. The molecule has 13 heavy (non-hydrogen) atoms. The Morgan fingerprint density at radius 2 is 1.62 bits per heavy atom. The van der Waals surface area contributed by atoms with Crippen LogP contribution in [-0.2, 0) is 0 Å². The summed E-state index contributed by atoms with van der Waals surface area (Å²) >= 11 is 0. The molecule has 72 valence electrons. The highest BCUT2D eigenvalue weighted by Gasteiger charge is 2.19. The van der Waals surface area contributed by atoms with Gasteiger partial charge in [0.25, 0.3) is 5.95 Å². The maximum Gasteiger partial charge on any atom is 0.251 e. The molecular weight excluding hydrogens is 179 g/mol.